The van der Waals surface area contributed by atoms with E-state index in [9.17, 15) is 8.42 Å². The van der Waals surface area contributed by atoms with Crippen LogP contribution in [0, 0.1) is 6.92 Å². The van der Waals surface area contributed by atoms with Crippen molar-refractivity contribution in [1.82, 2.24) is 9.55 Å². The van der Waals surface area contributed by atoms with Gasteiger partial charge in [0.25, 0.3) is 0 Å². The van der Waals surface area contributed by atoms with Crippen LogP contribution in [-0.2, 0) is 9.84 Å². The maximum atomic E-state index is 12.7. The number of rotatable bonds is 4. The van der Waals surface area contributed by atoms with Gasteiger partial charge in [-0.3, -0.25) is 4.98 Å². The molecule has 0 aliphatic rings. The van der Waals surface area contributed by atoms with E-state index in [1.807, 2.05) is 51.1 Å². The topological polar surface area (TPSA) is 52.0 Å². The molecule has 1 aromatic carbocycles. The van der Waals surface area contributed by atoms with Crippen LogP contribution in [-0.4, -0.2) is 24.2 Å². The summed E-state index contributed by atoms with van der Waals surface area (Å²) in [5, 5.41) is 0.632. The Balaban J connectivity index is 2.51. The van der Waals surface area contributed by atoms with E-state index in [1.165, 1.54) is 6.26 Å². The van der Waals surface area contributed by atoms with Gasteiger partial charge < -0.3 is 4.57 Å². The Labute approximate surface area is 173 Å². The Morgan fingerprint density at radius 2 is 1.74 bits per heavy atom. The van der Waals surface area contributed by atoms with E-state index in [0.29, 0.717) is 21.2 Å². The molecule has 0 atom stereocenters. The number of hydrogen-bond donors (Lipinski definition) is 0. The van der Waals surface area contributed by atoms with Gasteiger partial charge in [-0.2, -0.15) is 0 Å². The van der Waals surface area contributed by atoms with Crippen LogP contribution in [0.15, 0.2) is 52.1 Å². The number of halogens is 2. The first kappa shape index (κ1) is 20.1. The molecule has 0 radical (unpaired) electrons. The minimum Gasteiger partial charge on any atom is -0.341 e. The Kier molecular flexibility index (Phi) is 5.52. The molecule has 3 aromatic rings. The number of hydrogen-bond acceptors (Lipinski definition) is 3. The predicted molar refractivity (Wildman–Crippen MR) is 114 cm³/mol. The SMILES string of the molecule is Cc1c(S(C)(=O)=O)c(-c2cncc(Br)c2)c(-c2ccc(Cl)cc2)n1C(C)C. The maximum absolute atomic E-state index is 12.7. The molecule has 0 spiro atoms. The summed E-state index contributed by atoms with van der Waals surface area (Å²) in [6.45, 7) is 5.94. The van der Waals surface area contributed by atoms with Crippen LogP contribution in [0.4, 0.5) is 0 Å². The first-order valence-electron chi connectivity index (χ1n) is 8.43. The van der Waals surface area contributed by atoms with Gasteiger partial charge in [0.05, 0.1) is 10.6 Å². The average molecular weight is 468 g/mol. The predicted octanol–water partition coefficient (Wildman–Crippen LogP) is 5.93. The largest absolute Gasteiger partial charge is 0.341 e. The highest BCUT2D eigenvalue weighted by molar-refractivity contribution is 9.10. The quantitative estimate of drug-likeness (QED) is 0.478. The van der Waals surface area contributed by atoms with Crippen molar-refractivity contribution in [3.05, 3.63) is 57.9 Å². The lowest BCUT2D eigenvalue weighted by molar-refractivity contribution is 0.583. The van der Waals surface area contributed by atoms with Crippen molar-refractivity contribution < 1.29 is 8.42 Å². The fourth-order valence-corrected chi connectivity index (χ4v) is 5.20. The lowest BCUT2D eigenvalue weighted by Gasteiger charge is -2.17. The van der Waals surface area contributed by atoms with E-state index in [-0.39, 0.29) is 6.04 Å². The van der Waals surface area contributed by atoms with Crippen molar-refractivity contribution in [2.45, 2.75) is 31.7 Å². The van der Waals surface area contributed by atoms with Gasteiger partial charge in [0.2, 0.25) is 0 Å². The number of pyridine rings is 1. The molecular weight excluding hydrogens is 448 g/mol. The summed E-state index contributed by atoms with van der Waals surface area (Å²) in [5.74, 6) is 0. The highest BCUT2D eigenvalue weighted by Crippen LogP contribution is 2.43. The van der Waals surface area contributed by atoms with Crippen LogP contribution in [0.5, 0.6) is 0 Å². The van der Waals surface area contributed by atoms with Gasteiger partial charge in [0.15, 0.2) is 9.84 Å². The van der Waals surface area contributed by atoms with Crippen LogP contribution < -0.4 is 0 Å². The third-order valence-electron chi connectivity index (χ3n) is 4.39. The third kappa shape index (κ3) is 3.84. The number of sulfone groups is 1. The molecule has 0 unspecified atom stereocenters. The van der Waals surface area contributed by atoms with Gasteiger partial charge in [0, 0.05) is 51.0 Å². The van der Waals surface area contributed by atoms with Crippen LogP contribution in [0.1, 0.15) is 25.6 Å². The summed E-state index contributed by atoms with van der Waals surface area (Å²) in [5.41, 5.74) is 3.88. The fourth-order valence-electron chi connectivity index (χ4n) is 3.49. The summed E-state index contributed by atoms with van der Waals surface area (Å²) >= 11 is 9.51. The van der Waals surface area contributed by atoms with Gasteiger partial charge in [-0.25, -0.2) is 8.42 Å². The summed E-state index contributed by atoms with van der Waals surface area (Å²) < 4.78 is 28.3. The highest BCUT2D eigenvalue weighted by atomic mass is 79.9. The lowest BCUT2D eigenvalue weighted by atomic mass is 10.0. The van der Waals surface area contributed by atoms with E-state index in [4.69, 9.17) is 11.6 Å². The Hall–Kier alpha value is -1.63. The molecule has 27 heavy (non-hydrogen) atoms. The molecule has 2 heterocycles. The molecule has 0 saturated heterocycles. The highest BCUT2D eigenvalue weighted by Gasteiger charge is 2.29. The average Bonchev–Trinajstić information content (AvgIpc) is 2.89. The molecule has 0 aliphatic carbocycles. The fraction of sp³-hybridized carbons (Fsp3) is 0.250. The summed E-state index contributed by atoms with van der Waals surface area (Å²) in [7, 11) is -3.47. The minimum absolute atomic E-state index is 0.0741. The standard InChI is InChI=1S/C20H20BrClN2O2S/c1-12(2)24-13(3)20(27(4,25)26)18(15-9-16(21)11-23-10-15)19(24)14-5-7-17(22)8-6-14/h5-12H,1-4H3. The molecule has 0 bridgehead atoms. The van der Waals surface area contributed by atoms with Crippen molar-refractivity contribution in [2.75, 3.05) is 6.26 Å². The first-order chi connectivity index (χ1) is 12.6. The summed E-state index contributed by atoms with van der Waals surface area (Å²) in [4.78, 5) is 4.58. The van der Waals surface area contributed by atoms with Crippen LogP contribution in [0.3, 0.4) is 0 Å². The molecule has 7 heteroatoms. The van der Waals surface area contributed by atoms with Gasteiger partial charge >= 0.3 is 0 Å². The number of benzene rings is 1. The van der Waals surface area contributed by atoms with Gasteiger partial charge in [-0.05, 0) is 60.5 Å². The lowest BCUT2D eigenvalue weighted by Crippen LogP contribution is -2.06. The zero-order valence-corrected chi connectivity index (χ0v) is 18.7. The first-order valence-corrected chi connectivity index (χ1v) is 11.5. The van der Waals surface area contributed by atoms with E-state index >= 15 is 0 Å². The third-order valence-corrected chi connectivity index (χ3v) is 6.32. The van der Waals surface area contributed by atoms with Gasteiger partial charge in [-0.1, -0.05) is 23.7 Å². The summed E-state index contributed by atoms with van der Waals surface area (Å²) in [6.07, 6.45) is 4.62. The smallest absolute Gasteiger partial charge is 0.177 e. The molecule has 0 aliphatic heterocycles. The van der Waals surface area contributed by atoms with Crippen molar-refractivity contribution in [3.8, 4) is 22.4 Å². The molecular formula is C20H20BrClN2O2S. The van der Waals surface area contributed by atoms with E-state index < -0.39 is 9.84 Å². The second-order valence-electron chi connectivity index (χ2n) is 6.77. The van der Waals surface area contributed by atoms with E-state index in [0.717, 1.165) is 21.3 Å². The second kappa shape index (κ2) is 7.41. The molecule has 0 saturated carbocycles. The molecule has 142 valence electrons. The molecule has 2 aromatic heterocycles. The number of nitrogens with zero attached hydrogens (tertiary/aromatic N) is 2. The van der Waals surface area contributed by atoms with Crippen LogP contribution in [0.2, 0.25) is 5.02 Å². The van der Waals surface area contributed by atoms with Crippen LogP contribution >= 0.6 is 27.5 Å². The molecule has 3 rings (SSSR count). The van der Waals surface area contributed by atoms with E-state index in [1.54, 1.807) is 12.4 Å². The Bertz CT molecular complexity index is 1100. The van der Waals surface area contributed by atoms with Crippen molar-refractivity contribution in [1.29, 1.82) is 0 Å². The van der Waals surface area contributed by atoms with Crippen molar-refractivity contribution in [2.24, 2.45) is 0 Å². The monoisotopic (exact) mass is 466 g/mol. The van der Waals surface area contributed by atoms with Crippen molar-refractivity contribution in [3.63, 3.8) is 0 Å². The molecule has 0 fully saturated rings. The zero-order chi connectivity index (χ0) is 19.9. The van der Waals surface area contributed by atoms with Crippen molar-refractivity contribution >= 4 is 37.4 Å². The second-order valence-corrected chi connectivity index (χ2v) is 10.1. The zero-order valence-electron chi connectivity index (χ0n) is 15.5. The molecule has 0 amide bonds. The van der Waals surface area contributed by atoms with Gasteiger partial charge in [0.1, 0.15) is 0 Å². The number of aromatic nitrogens is 2. The Morgan fingerprint density at radius 3 is 2.26 bits per heavy atom. The normalized spacial score (nSPS) is 12.0. The summed E-state index contributed by atoms with van der Waals surface area (Å²) in [6, 6.07) is 9.42. The Morgan fingerprint density at radius 1 is 1.11 bits per heavy atom. The van der Waals surface area contributed by atoms with E-state index in [2.05, 4.69) is 25.5 Å². The molecule has 0 N–H and O–H groups in total. The van der Waals surface area contributed by atoms with Gasteiger partial charge in [-0.15, -0.1) is 0 Å². The van der Waals surface area contributed by atoms with Crippen LogP contribution in [0.25, 0.3) is 22.4 Å². The molecule has 4 nitrogen and oxygen atoms in total. The maximum Gasteiger partial charge on any atom is 0.177 e. The minimum atomic E-state index is -3.47.